The highest BCUT2D eigenvalue weighted by Gasteiger charge is 2.49. The minimum atomic E-state index is -2.10. The molecule has 2 atom stereocenters. The Morgan fingerprint density at radius 1 is 0.811 bits per heavy atom. The number of carboxylic acids is 1. The molecule has 0 spiro atoms. The van der Waals surface area contributed by atoms with E-state index < -0.39 is 52.3 Å². The number of aliphatic carboxylic acids is 1. The molecule has 1 aromatic rings. The summed E-state index contributed by atoms with van der Waals surface area (Å²) in [6, 6.07) is 4.47. The van der Waals surface area contributed by atoms with Gasteiger partial charge in [0.15, 0.2) is 5.41 Å². The number of carbonyl (C=O) groups is 4. The second kappa shape index (κ2) is 11.8. The minimum Gasteiger partial charge on any atom is -0.508 e. The lowest BCUT2D eigenvalue weighted by molar-refractivity contribution is -0.178. The molecule has 10 nitrogen and oxygen atoms in total. The van der Waals surface area contributed by atoms with E-state index in [0.717, 1.165) is 0 Å². The van der Waals surface area contributed by atoms with Crippen LogP contribution in [0.4, 0.5) is 4.79 Å². The molecule has 1 unspecified atom stereocenters. The van der Waals surface area contributed by atoms with Crippen molar-refractivity contribution in [2.75, 3.05) is 0 Å². The first-order valence-corrected chi connectivity index (χ1v) is 12.1. The first-order valence-electron chi connectivity index (χ1n) is 12.1. The van der Waals surface area contributed by atoms with Crippen LogP contribution < -0.4 is 5.32 Å². The van der Waals surface area contributed by atoms with E-state index in [1.54, 1.807) is 62.3 Å². The lowest BCUT2D eigenvalue weighted by Crippen LogP contribution is -2.49. The first kappa shape index (κ1) is 31.7. The van der Waals surface area contributed by atoms with Crippen LogP contribution in [0.3, 0.4) is 0 Å². The average molecular weight is 524 g/mol. The number of phenolic OH excluding ortho intramolecular Hbond substituents is 1. The number of esters is 2. The summed E-state index contributed by atoms with van der Waals surface area (Å²) in [5, 5.41) is 22.4. The zero-order chi connectivity index (χ0) is 28.8. The van der Waals surface area contributed by atoms with E-state index in [2.05, 4.69) is 5.32 Å². The van der Waals surface area contributed by atoms with Gasteiger partial charge in [0.1, 0.15) is 28.6 Å². The number of hydrogen-bond donors (Lipinski definition) is 3. The molecular weight excluding hydrogens is 482 g/mol. The monoisotopic (exact) mass is 523 g/mol. The molecule has 0 aliphatic heterocycles. The Kier molecular flexibility index (Phi) is 10.1. The largest absolute Gasteiger partial charge is 0.508 e. The molecule has 0 aliphatic rings. The Morgan fingerprint density at radius 3 is 1.73 bits per heavy atom. The van der Waals surface area contributed by atoms with E-state index in [0.29, 0.717) is 5.56 Å². The maximum atomic E-state index is 13.3. The number of carboxylic acid groups (broad SMARTS) is 1. The van der Waals surface area contributed by atoms with Gasteiger partial charge in [-0.3, -0.25) is 9.59 Å². The van der Waals surface area contributed by atoms with E-state index in [-0.39, 0.29) is 25.0 Å². The SMILES string of the molecule is CC(C)(C)OC(=O)N[C@H](CCC(Cc1ccc(O)cc1)(C(=O)O)C(=O)OC(C)(C)C)C(=O)OC(C)(C)C. The molecule has 1 rings (SSSR count). The molecule has 1 aromatic carbocycles. The van der Waals surface area contributed by atoms with Gasteiger partial charge in [-0.05, 0) is 99.3 Å². The topological polar surface area (TPSA) is 148 Å². The number of amides is 1. The van der Waals surface area contributed by atoms with Crippen LogP contribution in [-0.2, 0) is 35.0 Å². The molecule has 3 N–H and O–H groups in total. The molecule has 208 valence electrons. The predicted octanol–water partition coefficient (Wildman–Crippen LogP) is 4.36. The summed E-state index contributed by atoms with van der Waals surface area (Å²) >= 11 is 0. The second-order valence-corrected chi connectivity index (χ2v) is 12.0. The van der Waals surface area contributed by atoms with Gasteiger partial charge in [0.2, 0.25) is 0 Å². The Hall–Kier alpha value is -3.30. The third kappa shape index (κ3) is 11.1. The number of hydrogen-bond acceptors (Lipinski definition) is 8. The summed E-state index contributed by atoms with van der Waals surface area (Å²) in [6.45, 7) is 14.8. The fourth-order valence-corrected chi connectivity index (χ4v) is 3.33. The number of phenols is 1. The number of nitrogens with one attached hydrogen (secondary N) is 1. The van der Waals surface area contributed by atoms with Crippen molar-refractivity contribution < 1.29 is 43.6 Å². The number of alkyl carbamates (subject to hydrolysis) is 1. The van der Waals surface area contributed by atoms with Crippen LogP contribution in [0.1, 0.15) is 80.7 Å². The maximum Gasteiger partial charge on any atom is 0.408 e. The molecule has 10 heteroatoms. The maximum absolute atomic E-state index is 13.3. The molecular formula is C27H41NO9. The molecule has 0 aliphatic carbocycles. The number of ether oxygens (including phenoxy) is 3. The summed E-state index contributed by atoms with van der Waals surface area (Å²) in [5.74, 6) is -3.25. The van der Waals surface area contributed by atoms with Crippen LogP contribution >= 0.6 is 0 Å². The molecule has 0 fully saturated rings. The summed E-state index contributed by atoms with van der Waals surface area (Å²) in [5.41, 5.74) is -4.35. The average Bonchev–Trinajstić information content (AvgIpc) is 2.67. The smallest absolute Gasteiger partial charge is 0.408 e. The van der Waals surface area contributed by atoms with Crippen LogP contribution in [0.25, 0.3) is 0 Å². The normalized spacial score (nSPS) is 14.6. The number of rotatable bonds is 9. The fourth-order valence-electron chi connectivity index (χ4n) is 3.33. The molecule has 0 saturated carbocycles. The van der Waals surface area contributed by atoms with Crippen molar-refractivity contribution in [1.29, 1.82) is 0 Å². The summed E-state index contributed by atoms with van der Waals surface area (Å²) in [4.78, 5) is 51.4. The molecule has 1 amide bonds. The summed E-state index contributed by atoms with van der Waals surface area (Å²) in [6.07, 6.45) is -1.78. The van der Waals surface area contributed by atoms with Crippen LogP contribution in [0, 0.1) is 5.41 Å². The van der Waals surface area contributed by atoms with Gasteiger partial charge in [0, 0.05) is 0 Å². The van der Waals surface area contributed by atoms with E-state index in [1.807, 2.05) is 0 Å². The zero-order valence-corrected chi connectivity index (χ0v) is 23.3. The lowest BCUT2D eigenvalue weighted by Gasteiger charge is -2.33. The summed E-state index contributed by atoms with van der Waals surface area (Å²) in [7, 11) is 0. The van der Waals surface area contributed by atoms with Gasteiger partial charge in [-0.2, -0.15) is 0 Å². The Balaban J connectivity index is 3.41. The first-order chi connectivity index (χ1) is 16.6. The fraction of sp³-hybridized carbons (Fsp3) is 0.630. The molecule has 0 bridgehead atoms. The van der Waals surface area contributed by atoms with Crippen molar-refractivity contribution in [3.63, 3.8) is 0 Å². The minimum absolute atomic E-state index is 0.0199. The van der Waals surface area contributed by atoms with Crippen LogP contribution in [0.2, 0.25) is 0 Å². The molecule has 0 aromatic heterocycles. The molecule has 37 heavy (non-hydrogen) atoms. The number of aromatic hydroxyl groups is 1. The van der Waals surface area contributed by atoms with Crippen molar-refractivity contribution in [2.24, 2.45) is 5.41 Å². The van der Waals surface area contributed by atoms with Gasteiger partial charge in [-0.15, -0.1) is 0 Å². The van der Waals surface area contributed by atoms with Gasteiger partial charge >= 0.3 is 24.0 Å². The third-order valence-electron chi connectivity index (χ3n) is 4.88. The van der Waals surface area contributed by atoms with Crippen LogP contribution in [0.15, 0.2) is 24.3 Å². The molecule has 0 saturated heterocycles. The van der Waals surface area contributed by atoms with Crippen molar-refractivity contribution in [2.45, 2.75) is 104 Å². The second-order valence-electron chi connectivity index (χ2n) is 12.0. The highest BCUT2D eigenvalue weighted by molar-refractivity contribution is 5.99. The molecule has 0 radical (unpaired) electrons. The lowest BCUT2D eigenvalue weighted by atomic mass is 9.76. The van der Waals surface area contributed by atoms with Crippen LogP contribution in [-0.4, -0.2) is 57.1 Å². The number of benzene rings is 1. The van der Waals surface area contributed by atoms with Crippen molar-refractivity contribution in [3.8, 4) is 5.75 Å². The van der Waals surface area contributed by atoms with Crippen molar-refractivity contribution in [3.05, 3.63) is 29.8 Å². The quantitative estimate of drug-likeness (QED) is 0.244. The van der Waals surface area contributed by atoms with Crippen molar-refractivity contribution in [1.82, 2.24) is 5.32 Å². The number of carbonyl (C=O) groups excluding carboxylic acids is 3. The summed E-state index contributed by atoms with van der Waals surface area (Å²) < 4.78 is 16.2. The Labute approximate surface area is 218 Å². The van der Waals surface area contributed by atoms with Crippen LogP contribution in [0.5, 0.6) is 5.75 Å². The van der Waals surface area contributed by atoms with E-state index in [4.69, 9.17) is 14.2 Å². The molecule has 0 heterocycles. The van der Waals surface area contributed by atoms with E-state index >= 15 is 0 Å². The van der Waals surface area contributed by atoms with Gasteiger partial charge in [-0.1, -0.05) is 12.1 Å². The Bertz CT molecular complexity index is 966. The van der Waals surface area contributed by atoms with Gasteiger partial charge in [-0.25, -0.2) is 9.59 Å². The standard InChI is InChI=1S/C27H41NO9/c1-24(2,3)35-20(30)19(28-23(34)37-26(7,8)9)14-15-27(21(31)32,22(33)36-25(4,5)6)16-17-10-12-18(29)13-11-17/h10-13,19,29H,14-16H2,1-9H3,(H,28,34)(H,31,32)/t19-,27?/m1/s1. The Morgan fingerprint density at radius 2 is 1.30 bits per heavy atom. The van der Waals surface area contributed by atoms with E-state index in [1.165, 1.54) is 24.3 Å². The highest BCUT2D eigenvalue weighted by atomic mass is 16.6. The van der Waals surface area contributed by atoms with Gasteiger partial charge < -0.3 is 29.7 Å². The third-order valence-corrected chi connectivity index (χ3v) is 4.88. The zero-order valence-electron chi connectivity index (χ0n) is 23.3. The highest BCUT2D eigenvalue weighted by Crippen LogP contribution is 2.34. The van der Waals surface area contributed by atoms with E-state index in [9.17, 15) is 29.4 Å². The predicted molar refractivity (Wildman–Crippen MR) is 136 cm³/mol. The van der Waals surface area contributed by atoms with Gasteiger partial charge in [0.25, 0.3) is 0 Å². The van der Waals surface area contributed by atoms with Gasteiger partial charge in [0.05, 0.1) is 0 Å². The van der Waals surface area contributed by atoms with Crippen molar-refractivity contribution >= 4 is 24.0 Å².